The van der Waals surface area contributed by atoms with Crippen LogP contribution in [0.4, 0.5) is 5.69 Å². The highest BCUT2D eigenvalue weighted by atomic mass is 79.9. The second kappa shape index (κ2) is 5.29. The summed E-state index contributed by atoms with van der Waals surface area (Å²) in [5, 5.41) is 2.75. The second-order valence-corrected chi connectivity index (χ2v) is 5.58. The Hall–Kier alpha value is -1.40. The maximum atomic E-state index is 11.9. The first-order valence-electron chi connectivity index (χ1n) is 4.76. The van der Waals surface area contributed by atoms with Gasteiger partial charge in [0.1, 0.15) is 5.69 Å². The first-order chi connectivity index (χ1) is 8.20. The number of hydrogen-bond acceptors (Lipinski definition) is 4. The van der Waals surface area contributed by atoms with Gasteiger partial charge in [-0.1, -0.05) is 0 Å². The van der Waals surface area contributed by atoms with Crippen LogP contribution in [0.15, 0.2) is 34.2 Å². The molecule has 0 aliphatic carbocycles. The van der Waals surface area contributed by atoms with Crippen molar-refractivity contribution in [3.05, 3.63) is 39.1 Å². The molecular weight excluding hydrogens is 304 g/mol. The van der Waals surface area contributed by atoms with Crippen molar-refractivity contribution in [1.29, 1.82) is 0 Å². The Bertz CT molecular complexity index is 542. The minimum atomic E-state index is -0.174. The van der Waals surface area contributed by atoms with Crippen LogP contribution in [0.25, 0.3) is 0 Å². The van der Waals surface area contributed by atoms with Crippen LogP contribution in [-0.2, 0) is 0 Å². The summed E-state index contributed by atoms with van der Waals surface area (Å²) in [6, 6.07) is 7.07. The molecule has 88 valence electrons. The van der Waals surface area contributed by atoms with Gasteiger partial charge in [0.05, 0.1) is 15.8 Å². The molecule has 0 saturated heterocycles. The SMILES string of the molecule is COc1ncccc1NC(=O)c1ccc(Br)s1. The van der Waals surface area contributed by atoms with E-state index in [0.29, 0.717) is 16.4 Å². The molecule has 0 unspecified atom stereocenters. The van der Waals surface area contributed by atoms with Gasteiger partial charge in [0.2, 0.25) is 5.88 Å². The Labute approximate surface area is 111 Å². The molecule has 17 heavy (non-hydrogen) atoms. The molecule has 2 rings (SSSR count). The molecule has 0 bridgehead atoms. The number of aromatic nitrogens is 1. The quantitative estimate of drug-likeness (QED) is 0.947. The lowest BCUT2D eigenvalue weighted by Crippen LogP contribution is -2.11. The highest BCUT2D eigenvalue weighted by molar-refractivity contribution is 9.11. The normalized spacial score (nSPS) is 10.0. The van der Waals surface area contributed by atoms with E-state index in [2.05, 4.69) is 26.2 Å². The van der Waals surface area contributed by atoms with Gasteiger partial charge in [-0.3, -0.25) is 4.79 Å². The molecule has 0 fully saturated rings. The van der Waals surface area contributed by atoms with E-state index in [1.54, 1.807) is 24.4 Å². The lowest BCUT2D eigenvalue weighted by atomic mass is 10.3. The number of pyridine rings is 1. The molecule has 4 nitrogen and oxygen atoms in total. The fourth-order valence-electron chi connectivity index (χ4n) is 1.27. The topological polar surface area (TPSA) is 51.2 Å². The number of rotatable bonds is 3. The summed E-state index contributed by atoms with van der Waals surface area (Å²) < 4.78 is 5.97. The number of methoxy groups -OCH3 is 1. The Balaban J connectivity index is 2.18. The molecule has 0 aromatic carbocycles. The van der Waals surface area contributed by atoms with E-state index < -0.39 is 0 Å². The molecule has 2 heterocycles. The van der Waals surface area contributed by atoms with E-state index in [1.807, 2.05) is 6.07 Å². The Morgan fingerprint density at radius 2 is 2.29 bits per heavy atom. The molecule has 2 aromatic heterocycles. The van der Waals surface area contributed by atoms with E-state index >= 15 is 0 Å². The van der Waals surface area contributed by atoms with Crippen molar-refractivity contribution in [3.8, 4) is 5.88 Å². The van der Waals surface area contributed by atoms with Crippen molar-refractivity contribution in [3.63, 3.8) is 0 Å². The van der Waals surface area contributed by atoms with Gasteiger partial charge in [0.15, 0.2) is 0 Å². The molecule has 6 heteroatoms. The third kappa shape index (κ3) is 2.83. The average molecular weight is 313 g/mol. The van der Waals surface area contributed by atoms with E-state index in [-0.39, 0.29) is 5.91 Å². The monoisotopic (exact) mass is 312 g/mol. The van der Waals surface area contributed by atoms with Gasteiger partial charge in [-0.2, -0.15) is 0 Å². The van der Waals surface area contributed by atoms with Crippen LogP contribution >= 0.6 is 27.3 Å². The van der Waals surface area contributed by atoms with Crippen LogP contribution in [0, 0.1) is 0 Å². The van der Waals surface area contributed by atoms with Gasteiger partial charge in [0, 0.05) is 6.20 Å². The summed E-state index contributed by atoms with van der Waals surface area (Å²) in [7, 11) is 1.51. The van der Waals surface area contributed by atoms with Crippen molar-refractivity contribution < 1.29 is 9.53 Å². The summed E-state index contributed by atoms with van der Waals surface area (Å²) in [5.74, 6) is 0.225. The standard InChI is InChI=1S/C11H9BrN2O2S/c1-16-11-7(3-2-6-13-11)14-10(15)8-4-5-9(12)17-8/h2-6H,1H3,(H,14,15). The maximum Gasteiger partial charge on any atom is 0.265 e. The number of carbonyl (C=O) groups is 1. The average Bonchev–Trinajstić information content (AvgIpc) is 2.77. The number of nitrogens with one attached hydrogen (secondary N) is 1. The lowest BCUT2D eigenvalue weighted by molar-refractivity contribution is 0.103. The zero-order valence-electron chi connectivity index (χ0n) is 8.94. The van der Waals surface area contributed by atoms with Crippen molar-refractivity contribution in [2.45, 2.75) is 0 Å². The highest BCUT2D eigenvalue weighted by Gasteiger charge is 2.11. The van der Waals surface area contributed by atoms with Crippen molar-refractivity contribution in [1.82, 2.24) is 4.98 Å². The van der Waals surface area contributed by atoms with Gasteiger partial charge in [-0.25, -0.2) is 4.98 Å². The predicted octanol–water partition coefficient (Wildman–Crippen LogP) is 3.17. The van der Waals surface area contributed by atoms with Crippen LogP contribution in [-0.4, -0.2) is 18.0 Å². The summed E-state index contributed by atoms with van der Waals surface area (Å²) in [6.07, 6.45) is 1.61. The van der Waals surface area contributed by atoms with Crippen LogP contribution in [0.1, 0.15) is 9.67 Å². The molecule has 0 saturated carbocycles. The zero-order valence-corrected chi connectivity index (χ0v) is 11.3. The van der Waals surface area contributed by atoms with E-state index in [4.69, 9.17) is 4.74 Å². The number of ether oxygens (including phenoxy) is 1. The van der Waals surface area contributed by atoms with Gasteiger partial charge in [-0.05, 0) is 40.2 Å². The fraction of sp³-hybridized carbons (Fsp3) is 0.0909. The number of amides is 1. The van der Waals surface area contributed by atoms with Crippen LogP contribution in [0.5, 0.6) is 5.88 Å². The van der Waals surface area contributed by atoms with E-state index in [9.17, 15) is 4.79 Å². The number of carbonyl (C=O) groups excluding carboxylic acids is 1. The molecular formula is C11H9BrN2O2S. The van der Waals surface area contributed by atoms with Crippen molar-refractivity contribution >= 4 is 38.9 Å². The van der Waals surface area contributed by atoms with Crippen molar-refractivity contribution in [2.24, 2.45) is 0 Å². The summed E-state index contributed by atoms with van der Waals surface area (Å²) in [5.41, 5.74) is 0.560. The minimum absolute atomic E-state index is 0.174. The molecule has 0 aliphatic rings. The number of hydrogen-bond donors (Lipinski definition) is 1. The van der Waals surface area contributed by atoms with Gasteiger partial charge in [-0.15, -0.1) is 11.3 Å². The Morgan fingerprint density at radius 1 is 1.47 bits per heavy atom. The summed E-state index contributed by atoms with van der Waals surface area (Å²) in [6.45, 7) is 0. The lowest BCUT2D eigenvalue weighted by Gasteiger charge is -2.07. The van der Waals surface area contributed by atoms with Gasteiger partial charge >= 0.3 is 0 Å². The van der Waals surface area contributed by atoms with Crippen LogP contribution in [0.2, 0.25) is 0 Å². The third-order valence-corrected chi connectivity index (χ3v) is 3.63. The van der Waals surface area contributed by atoms with Gasteiger partial charge < -0.3 is 10.1 Å². The Morgan fingerprint density at radius 3 is 2.94 bits per heavy atom. The first kappa shape index (κ1) is 12.1. The number of anilines is 1. The number of halogens is 1. The molecule has 1 amide bonds. The fourth-order valence-corrected chi connectivity index (χ4v) is 2.55. The summed E-state index contributed by atoms with van der Waals surface area (Å²) >= 11 is 4.69. The molecule has 0 spiro atoms. The maximum absolute atomic E-state index is 11.9. The molecule has 0 aliphatic heterocycles. The predicted molar refractivity (Wildman–Crippen MR) is 70.8 cm³/mol. The number of thiophene rings is 1. The van der Waals surface area contributed by atoms with Crippen LogP contribution < -0.4 is 10.1 Å². The summed E-state index contributed by atoms with van der Waals surface area (Å²) in [4.78, 5) is 16.5. The zero-order chi connectivity index (χ0) is 12.3. The largest absolute Gasteiger partial charge is 0.480 e. The number of nitrogens with zero attached hydrogens (tertiary/aromatic N) is 1. The molecule has 2 aromatic rings. The first-order valence-corrected chi connectivity index (χ1v) is 6.37. The third-order valence-electron chi connectivity index (χ3n) is 2.01. The molecule has 0 radical (unpaired) electrons. The van der Waals surface area contributed by atoms with Crippen LogP contribution in [0.3, 0.4) is 0 Å². The highest BCUT2D eigenvalue weighted by Crippen LogP contribution is 2.25. The van der Waals surface area contributed by atoms with E-state index in [1.165, 1.54) is 18.4 Å². The second-order valence-electron chi connectivity index (χ2n) is 3.12. The van der Waals surface area contributed by atoms with Gasteiger partial charge in [0.25, 0.3) is 5.91 Å². The van der Waals surface area contributed by atoms with Crippen molar-refractivity contribution in [2.75, 3.05) is 12.4 Å². The smallest absolute Gasteiger partial charge is 0.265 e. The molecule has 1 N–H and O–H groups in total. The minimum Gasteiger partial charge on any atom is -0.480 e. The molecule has 0 atom stereocenters. The van der Waals surface area contributed by atoms with E-state index in [0.717, 1.165) is 3.79 Å². The Kier molecular flexibility index (Phi) is 3.75.